The van der Waals surface area contributed by atoms with E-state index in [0.717, 1.165) is 12.2 Å². The minimum Gasteiger partial charge on any atom is -0.403 e. The molecule has 8 nitrogen and oxygen atoms in total. The van der Waals surface area contributed by atoms with E-state index in [1.807, 2.05) is 4.57 Å². The molecule has 31 heavy (non-hydrogen) atoms. The molecule has 2 N–H and O–H groups in total. The number of nitrogens with two attached hydrogens (primary N) is 1. The Kier molecular flexibility index (Phi) is 5.41. The van der Waals surface area contributed by atoms with Crippen LogP contribution in [0.4, 0.5) is 4.39 Å². The third-order valence-corrected chi connectivity index (χ3v) is 5.27. The van der Waals surface area contributed by atoms with E-state index in [9.17, 15) is 4.39 Å². The Morgan fingerprint density at radius 3 is 2.74 bits per heavy atom. The lowest BCUT2D eigenvalue weighted by Crippen LogP contribution is -2.46. The molecule has 0 fully saturated rings. The van der Waals surface area contributed by atoms with E-state index in [4.69, 9.17) is 15.2 Å². The summed E-state index contributed by atoms with van der Waals surface area (Å²) in [5.74, 6) is 1.62. The first-order chi connectivity index (χ1) is 15.0. The van der Waals surface area contributed by atoms with E-state index >= 15 is 0 Å². The van der Waals surface area contributed by atoms with E-state index in [-0.39, 0.29) is 17.9 Å². The summed E-state index contributed by atoms with van der Waals surface area (Å²) in [6, 6.07) is 6.09. The molecule has 160 valence electrons. The molecule has 0 aliphatic carbocycles. The second-order valence-electron chi connectivity index (χ2n) is 7.49. The highest BCUT2D eigenvalue weighted by Crippen LogP contribution is 2.36. The van der Waals surface area contributed by atoms with Crippen molar-refractivity contribution in [2.24, 2.45) is 10.7 Å². The fourth-order valence-corrected chi connectivity index (χ4v) is 3.87. The largest absolute Gasteiger partial charge is 0.403 e. The number of amidine groups is 1. The molecule has 3 heterocycles. The van der Waals surface area contributed by atoms with Crippen LogP contribution in [0.25, 0.3) is 22.7 Å². The molecule has 0 bridgehead atoms. The third kappa shape index (κ3) is 3.52. The lowest BCUT2D eigenvalue weighted by Gasteiger charge is -2.41. The lowest BCUT2D eigenvalue weighted by molar-refractivity contribution is 0.240. The Morgan fingerprint density at radius 1 is 1.35 bits per heavy atom. The summed E-state index contributed by atoms with van der Waals surface area (Å²) in [5.41, 5.74) is 8.42. The van der Waals surface area contributed by atoms with Crippen molar-refractivity contribution in [3.8, 4) is 11.3 Å². The van der Waals surface area contributed by atoms with Crippen molar-refractivity contribution in [3.05, 3.63) is 66.8 Å². The second-order valence-corrected chi connectivity index (χ2v) is 7.49. The number of hydrogen-bond donors (Lipinski definition) is 1. The maximum atomic E-state index is 13.3. The van der Waals surface area contributed by atoms with Gasteiger partial charge in [-0.3, -0.25) is 4.57 Å². The molecule has 1 aliphatic rings. The minimum atomic E-state index is -0.327. The molecule has 9 heteroatoms. The monoisotopic (exact) mass is 421 g/mol. The summed E-state index contributed by atoms with van der Waals surface area (Å²) in [6.07, 6.45) is 5.50. The maximum absolute atomic E-state index is 13.3. The van der Waals surface area contributed by atoms with E-state index in [1.165, 1.54) is 18.3 Å². The Morgan fingerprint density at radius 2 is 2.10 bits per heavy atom. The van der Waals surface area contributed by atoms with Gasteiger partial charge in [-0.25, -0.2) is 9.38 Å². The van der Waals surface area contributed by atoms with Gasteiger partial charge in [0.15, 0.2) is 17.4 Å². The molecule has 0 saturated carbocycles. The van der Waals surface area contributed by atoms with Gasteiger partial charge in [0.25, 0.3) is 0 Å². The number of rotatable bonds is 5. The van der Waals surface area contributed by atoms with Crippen LogP contribution in [0.1, 0.15) is 44.6 Å². The van der Waals surface area contributed by atoms with Crippen molar-refractivity contribution in [1.82, 2.24) is 24.8 Å². The topological polar surface area (TPSA) is 98.4 Å². The number of hydrogen-bond acceptors (Lipinski definition) is 6. The van der Waals surface area contributed by atoms with E-state index in [2.05, 4.69) is 47.6 Å². The van der Waals surface area contributed by atoms with Crippen LogP contribution >= 0.6 is 0 Å². The Balaban J connectivity index is 1.81. The van der Waals surface area contributed by atoms with Gasteiger partial charge in [-0.2, -0.15) is 0 Å². The molecule has 0 spiro atoms. The van der Waals surface area contributed by atoms with Crippen molar-refractivity contribution >= 4 is 17.2 Å². The number of nitrogens with zero attached hydrogens (tertiary/aromatic N) is 6. The molecular weight excluding hydrogens is 397 g/mol. The molecular formula is C22H24FN7O. The Labute approximate surface area is 179 Å². The summed E-state index contributed by atoms with van der Waals surface area (Å²) < 4.78 is 20.6. The van der Waals surface area contributed by atoms with E-state index in [1.54, 1.807) is 24.7 Å². The first-order valence-corrected chi connectivity index (χ1v) is 10.1. The fraction of sp³-hybridized carbons (Fsp3) is 0.273. The van der Waals surface area contributed by atoms with Gasteiger partial charge in [0.2, 0.25) is 0 Å². The van der Waals surface area contributed by atoms with Crippen LogP contribution in [0, 0.1) is 5.82 Å². The molecule has 3 aromatic rings. The number of halogens is 1. The van der Waals surface area contributed by atoms with Crippen LogP contribution in [-0.2, 0) is 0 Å². The highest BCUT2D eigenvalue weighted by atomic mass is 19.1. The molecule has 4 rings (SSSR count). The Bertz CT molecular complexity index is 1160. The fourth-order valence-electron chi connectivity index (χ4n) is 3.87. The zero-order valence-corrected chi connectivity index (χ0v) is 17.7. The average molecular weight is 421 g/mol. The van der Waals surface area contributed by atoms with Gasteiger partial charge >= 0.3 is 0 Å². The summed E-state index contributed by atoms with van der Waals surface area (Å²) >= 11 is 0. The molecule has 1 aliphatic heterocycles. The number of aliphatic imine (C=N–C) groups is 1. The summed E-state index contributed by atoms with van der Waals surface area (Å²) in [4.78, 5) is 7.03. The maximum Gasteiger partial charge on any atom is 0.176 e. The molecule has 0 radical (unpaired) electrons. The quantitative estimate of drug-likeness (QED) is 0.667. The van der Waals surface area contributed by atoms with E-state index in [0.29, 0.717) is 34.1 Å². The zero-order valence-electron chi connectivity index (χ0n) is 17.7. The molecule has 0 unspecified atom stereocenters. The third-order valence-electron chi connectivity index (χ3n) is 5.27. The Hall–Kier alpha value is -3.75. The van der Waals surface area contributed by atoms with Gasteiger partial charge < -0.3 is 15.2 Å². The average Bonchev–Trinajstić information content (AvgIpc) is 3.43. The van der Waals surface area contributed by atoms with Crippen molar-refractivity contribution in [2.45, 2.75) is 39.3 Å². The van der Waals surface area contributed by atoms with Crippen LogP contribution in [0.3, 0.4) is 0 Å². The van der Waals surface area contributed by atoms with Gasteiger partial charge in [-0.1, -0.05) is 18.7 Å². The van der Waals surface area contributed by atoms with Crippen LogP contribution < -0.4 is 5.73 Å². The van der Waals surface area contributed by atoms with Crippen LogP contribution in [0.2, 0.25) is 0 Å². The molecule has 2 aromatic heterocycles. The standard InChI is InChI=1S/C22H24FN7O/c1-5-18-22-28-25-12-29(22)19(10-24)21(30(18)13(2)3)27-14(4)17-11-26-31-20(17)15-6-8-16(23)9-7-15/h6-13,18H,4-5,24H2,1-3H3/b19-10+,27-21+/t18-/m1/s1. The highest BCUT2D eigenvalue weighted by Gasteiger charge is 2.36. The lowest BCUT2D eigenvalue weighted by atomic mass is 10.0. The van der Waals surface area contributed by atoms with E-state index < -0.39 is 0 Å². The van der Waals surface area contributed by atoms with Gasteiger partial charge in [-0.05, 0) is 44.5 Å². The molecule has 0 saturated heterocycles. The molecule has 1 atom stereocenters. The molecule has 0 amide bonds. The van der Waals surface area contributed by atoms with Crippen molar-refractivity contribution in [3.63, 3.8) is 0 Å². The highest BCUT2D eigenvalue weighted by molar-refractivity contribution is 6.19. The van der Waals surface area contributed by atoms with Gasteiger partial charge in [-0.15, -0.1) is 10.2 Å². The summed E-state index contributed by atoms with van der Waals surface area (Å²) in [5, 5.41) is 12.3. The van der Waals surface area contributed by atoms with Gasteiger partial charge in [0.1, 0.15) is 17.8 Å². The summed E-state index contributed by atoms with van der Waals surface area (Å²) in [6.45, 7) is 10.4. The smallest absolute Gasteiger partial charge is 0.176 e. The number of fused-ring (bicyclic) bond motifs is 1. The SMILES string of the molecule is C=C(/N=C1\C(=C/N)n2cnnc2[C@@H](CC)N1C(C)C)c1cnoc1-c1ccc(F)cc1. The normalized spacial score (nSPS) is 18.7. The predicted octanol–water partition coefficient (Wildman–Crippen LogP) is 4.07. The van der Waals surface area contributed by atoms with Crippen LogP contribution in [0.5, 0.6) is 0 Å². The second kappa shape index (κ2) is 8.17. The molecule has 1 aromatic carbocycles. The number of benzene rings is 1. The van der Waals surface area contributed by atoms with Crippen molar-refractivity contribution in [1.29, 1.82) is 0 Å². The first kappa shape index (κ1) is 20.5. The number of aromatic nitrogens is 4. The summed E-state index contributed by atoms with van der Waals surface area (Å²) in [7, 11) is 0. The van der Waals surface area contributed by atoms with Gasteiger partial charge in [0, 0.05) is 17.8 Å². The van der Waals surface area contributed by atoms with Crippen molar-refractivity contribution in [2.75, 3.05) is 0 Å². The first-order valence-electron chi connectivity index (χ1n) is 10.1. The zero-order chi connectivity index (χ0) is 22.1. The van der Waals surface area contributed by atoms with Gasteiger partial charge in [0.05, 0.1) is 23.5 Å². The van der Waals surface area contributed by atoms with Crippen LogP contribution in [-0.4, -0.2) is 36.7 Å². The van der Waals surface area contributed by atoms with Crippen LogP contribution in [0.15, 0.2) is 59.1 Å². The predicted molar refractivity (Wildman–Crippen MR) is 117 cm³/mol. The van der Waals surface area contributed by atoms with Crippen molar-refractivity contribution < 1.29 is 8.91 Å². The minimum absolute atomic E-state index is 0.0169.